The number of nitrogens with zero attached hydrogens (tertiary/aromatic N) is 2. The third-order valence-corrected chi connectivity index (χ3v) is 8.56. The monoisotopic (exact) mass is 528 g/mol. The van der Waals surface area contributed by atoms with Crippen molar-refractivity contribution in [1.82, 2.24) is 9.47 Å². The number of phenols is 1. The van der Waals surface area contributed by atoms with Crippen LogP contribution < -0.4 is 15.9 Å². The second kappa shape index (κ2) is 8.91. The van der Waals surface area contributed by atoms with Crippen LogP contribution in [0, 0.1) is 11.7 Å². The van der Waals surface area contributed by atoms with Gasteiger partial charge in [0.25, 0.3) is 5.91 Å². The van der Waals surface area contributed by atoms with E-state index in [9.17, 15) is 33.5 Å². The third kappa shape index (κ3) is 3.95. The van der Waals surface area contributed by atoms with Gasteiger partial charge >= 0.3 is 10.9 Å². The van der Waals surface area contributed by atoms with Gasteiger partial charge < -0.3 is 16.2 Å². The van der Waals surface area contributed by atoms with Crippen LogP contribution in [-0.2, 0) is 20.9 Å². The number of carbonyl (C=O) groups is 4. The number of halogens is 1. The quantitative estimate of drug-likeness (QED) is 0.439. The predicted octanol–water partition coefficient (Wildman–Crippen LogP) is 2.06. The molecule has 10 nitrogen and oxygen atoms in total. The Hall–Kier alpha value is -3.97. The molecule has 2 aliphatic rings. The molecule has 0 aliphatic carbocycles. The molecular weight excluding hydrogens is 511 g/mol. The summed E-state index contributed by atoms with van der Waals surface area (Å²) >= 11 is 1.77. The SMILES string of the molecule is NC(=O)N1C(=O)C2Sc3c(sc(=O)n3CC(=O)Nc3ccc(F)cc3)C(c3ccc(O)cc3)C2C1=O. The highest BCUT2D eigenvalue weighted by atomic mass is 32.2. The highest BCUT2D eigenvalue weighted by Crippen LogP contribution is 2.53. The number of carbonyl (C=O) groups excluding carboxylic acids is 4. The summed E-state index contributed by atoms with van der Waals surface area (Å²) < 4.78 is 14.4. The molecule has 3 aromatic rings. The maximum absolute atomic E-state index is 13.2. The van der Waals surface area contributed by atoms with Gasteiger partial charge in [-0.3, -0.25) is 23.7 Å². The summed E-state index contributed by atoms with van der Waals surface area (Å²) in [4.78, 5) is 64.0. The predicted molar refractivity (Wildman–Crippen MR) is 128 cm³/mol. The van der Waals surface area contributed by atoms with Crippen molar-refractivity contribution < 1.29 is 28.7 Å². The van der Waals surface area contributed by atoms with Gasteiger partial charge in [-0.2, -0.15) is 4.90 Å². The number of imide groups is 3. The molecule has 1 saturated heterocycles. The number of phenolic OH excluding ortho intramolecular Hbond substituents is 1. The number of primary amides is 1. The summed E-state index contributed by atoms with van der Waals surface area (Å²) in [6.07, 6.45) is 0. The van der Waals surface area contributed by atoms with E-state index < -0.39 is 58.1 Å². The number of aromatic hydroxyl groups is 1. The minimum Gasteiger partial charge on any atom is -0.508 e. The van der Waals surface area contributed by atoms with Crippen molar-refractivity contribution >= 4 is 52.5 Å². The highest BCUT2D eigenvalue weighted by Gasteiger charge is 2.57. The summed E-state index contributed by atoms with van der Waals surface area (Å²) in [5.41, 5.74) is 6.17. The lowest BCUT2D eigenvalue weighted by atomic mass is 9.83. The molecule has 3 atom stereocenters. The van der Waals surface area contributed by atoms with Gasteiger partial charge in [-0.15, -0.1) is 0 Å². The first-order chi connectivity index (χ1) is 17.2. The zero-order valence-corrected chi connectivity index (χ0v) is 19.8. The van der Waals surface area contributed by atoms with Gasteiger partial charge in [0, 0.05) is 16.5 Å². The Morgan fingerprint density at radius 2 is 1.69 bits per heavy atom. The fourth-order valence-electron chi connectivity index (χ4n) is 4.39. The number of hydrogen-bond acceptors (Lipinski definition) is 8. The number of amides is 5. The lowest BCUT2D eigenvalue weighted by Crippen LogP contribution is -2.41. The highest BCUT2D eigenvalue weighted by molar-refractivity contribution is 8.00. The standard InChI is InChI=1S/C23H17FN4O6S2/c24-11-3-5-12(6-4-11)26-14(30)9-27-21-18(36-23(27)34)15(10-1-7-13(29)8-2-10)16-17(35-21)20(32)28(19(16)31)22(25)33/h1-8,15-17,29H,9H2,(H2,25,33)(H,26,30). The Labute approximate surface area is 210 Å². The summed E-state index contributed by atoms with van der Waals surface area (Å²) in [5.74, 6) is -4.40. The van der Waals surface area contributed by atoms with Crippen molar-refractivity contribution in [1.29, 1.82) is 0 Å². The molecule has 1 fully saturated rings. The number of nitrogens with two attached hydrogens (primary N) is 1. The van der Waals surface area contributed by atoms with Crippen LogP contribution in [0.2, 0.25) is 0 Å². The van der Waals surface area contributed by atoms with Crippen molar-refractivity contribution in [3.8, 4) is 5.75 Å². The van der Waals surface area contributed by atoms with E-state index in [1.54, 1.807) is 12.1 Å². The zero-order valence-electron chi connectivity index (χ0n) is 18.2. The molecule has 3 heterocycles. The minimum atomic E-state index is -1.19. The van der Waals surface area contributed by atoms with Crippen molar-refractivity contribution in [2.45, 2.75) is 22.7 Å². The molecule has 13 heteroatoms. The number of rotatable bonds is 4. The molecule has 2 aromatic carbocycles. The largest absolute Gasteiger partial charge is 0.508 e. The number of nitrogens with one attached hydrogen (secondary N) is 1. The second-order valence-corrected chi connectivity index (χ2v) is 10.3. The van der Waals surface area contributed by atoms with Gasteiger partial charge in [0.15, 0.2) is 0 Å². The van der Waals surface area contributed by atoms with Gasteiger partial charge in [-0.05, 0) is 42.0 Å². The number of benzene rings is 2. The fourth-order valence-corrected chi connectivity index (χ4v) is 7.16. The normalized spacial score (nSPS) is 20.7. The summed E-state index contributed by atoms with van der Waals surface area (Å²) in [5, 5.41) is 11.6. The molecule has 36 heavy (non-hydrogen) atoms. The van der Waals surface area contributed by atoms with Gasteiger partial charge in [0.05, 0.1) is 10.9 Å². The maximum Gasteiger partial charge on any atom is 0.328 e. The Kier molecular flexibility index (Phi) is 5.88. The van der Waals surface area contributed by atoms with Crippen LogP contribution >= 0.6 is 23.1 Å². The molecule has 1 aromatic heterocycles. The molecule has 0 bridgehead atoms. The number of thiazole rings is 1. The second-order valence-electron chi connectivity index (χ2n) is 8.16. The van der Waals surface area contributed by atoms with E-state index in [4.69, 9.17) is 5.73 Å². The van der Waals surface area contributed by atoms with Gasteiger partial charge in [-0.25, -0.2) is 9.18 Å². The molecule has 0 radical (unpaired) electrons. The van der Waals surface area contributed by atoms with Gasteiger partial charge in [0.2, 0.25) is 11.8 Å². The van der Waals surface area contributed by atoms with Crippen LogP contribution in [0.25, 0.3) is 0 Å². The molecule has 4 N–H and O–H groups in total. The Balaban J connectivity index is 1.55. The molecule has 5 amide bonds. The fraction of sp³-hybridized carbons (Fsp3) is 0.174. The van der Waals surface area contributed by atoms with E-state index in [2.05, 4.69) is 5.32 Å². The number of anilines is 1. The molecular formula is C23H17FN4O6S2. The number of fused-ring (bicyclic) bond motifs is 2. The number of likely N-dealkylation sites (tertiary alicyclic amines) is 1. The smallest absolute Gasteiger partial charge is 0.328 e. The van der Waals surface area contributed by atoms with Crippen LogP contribution in [0.1, 0.15) is 16.4 Å². The lowest BCUT2D eigenvalue weighted by Gasteiger charge is -2.30. The lowest BCUT2D eigenvalue weighted by molar-refractivity contribution is -0.135. The first-order valence-electron chi connectivity index (χ1n) is 10.6. The van der Waals surface area contributed by atoms with E-state index in [1.165, 1.54) is 41.0 Å². The summed E-state index contributed by atoms with van der Waals surface area (Å²) in [7, 11) is 0. The van der Waals surface area contributed by atoms with Crippen LogP contribution in [0.5, 0.6) is 5.75 Å². The molecule has 0 saturated carbocycles. The molecule has 2 aliphatic heterocycles. The van der Waals surface area contributed by atoms with E-state index in [0.717, 1.165) is 23.1 Å². The Morgan fingerprint density at radius 3 is 2.33 bits per heavy atom. The molecule has 3 unspecified atom stereocenters. The van der Waals surface area contributed by atoms with E-state index in [-0.39, 0.29) is 5.75 Å². The molecule has 184 valence electrons. The van der Waals surface area contributed by atoms with E-state index >= 15 is 0 Å². The van der Waals surface area contributed by atoms with Crippen molar-refractivity contribution in [3.05, 3.63) is 74.5 Å². The van der Waals surface area contributed by atoms with Crippen molar-refractivity contribution in [3.63, 3.8) is 0 Å². The van der Waals surface area contributed by atoms with Crippen molar-refractivity contribution in [2.75, 3.05) is 5.32 Å². The van der Waals surface area contributed by atoms with E-state index in [1.807, 2.05) is 0 Å². The van der Waals surface area contributed by atoms with Crippen LogP contribution in [0.3, 0.4) is 0 Å². The van der Waals surface area contributed by atoms with Crippen LogP contribution in [-0.4, -0.2) is 43.6 Å². The zero-order chi connectivity index (χ0) is 25.7. The number of aromatic nitrogens is 1. The number of urea groups is 1. The van der Waals surface area contributed by atoms with Crippen LogP contribution in [0.4, 0.5) is 14.9 Å². The van der Waals surface area contributed by atoms with Gasteiger partial charge in [0.1, 0.15) is 23.4 Å². The Bertz CT molecular complexity index is 1470. The average Bonchev–Trinajstić information content (AvgIpc) is 3.27. The first-order valence-corrected chi connectivity index (χ1v) is 12.3. The minimum absolute atomic E-state index is 0.0171. The van der Waals surface area contributed by atoms with Gasteiger partial charge in [-0.1, -0.05) is 35.2 Å². The first kappa shape index (κ1) is 23.8. The molecule has 5 rings (SSSR count). The maximum atomic E-state index is 13.2. The average molecular weight is 529 g/mol. The number of thioether (sulfide) groups is 1. The molecule has 0 spiro atoms. The third-order valence-electron chi connectivity index (χ3n) is 5.95. The van der Waals surface area contributed by atoms with Crippen molar-refractivity contribution in [2.24, 2.45) is 11.7 Å². The van der Waals surface area contributed by atoms with Crippen LogP contribution in [0.15, 0.2) is 58.4 Å². The van der Waals surface area contributed by atoms with E-state index in [0.29, 0.717) is 26.1 Å². The summed E-state index contributed by atoms with van der Waals surface area (Å²) in [6, 6.07) is 9.88. The topological polar surface area (TPSA) is 152 Å². The Morgan fingerprint density at radius 1 is 1.03 bits per heavy atom. The number of hydrogen-bond donors (Lipinski definition) is 3. The summed E-state index contributed by atoms with van der Waals surface area (Å²) in [6.45, 7) is -0.392.